The molecule has 1 aliphatic rings. The second-order valence-electron chi connectivity index (χ2n) is 7.16. The second kappa shape index (κ2) is 7.80. The Morgan fingerprint density at radius 2 is 1.82 bits per heavy atom. The van der Waals surface area contributed by atoms with Crippen LogP contribution in [0.5, 0.6) is 0 Å². The lowest BCUT2D eigenvalue weighted by Crippen LogP contribution is -2.38. The monoisotopic (exact) mass is 381 g/mol. The van der Waals surface area contributed by atoms with Gasteiger partial charge >= 0.3 is 0 Å². The molecule has 2 N–H and O–H groups in total. The summed E-state index contributed by atoms with van der Waals surface area (Å²) in [5, 5.41) is 2.81. The van der Waals surface area contributed by atoms with Crippen molar-refractivity contribution < 1.29 is 14.4 Å². The average Bonchev–Trinajstić information content (AvgIpc) is 2.64. The van der Waals surface area contributed by atoms with Gasteiger partial charge in [0, 0.05) is 30.4 Å². The molecule has 2 aromatic rings. The molecule has 7 nitrogen and oxygen atoms in total. The molecular formula is C21H23N3O4. The zero-order chi connectivity index (χ0) is 20.4. The number of aryl methyl sites for hydroxylation is 3. The number of fused-ring (bicyclic) bond motifs is 1. The highest BCUT2D eigenvalue weighted by Crippen LogP contribution is 2.20. The van der Waals surface area contributed by atoms with Gasteiger partial charge in [-0.25, -0.2) is 0 Å². The zero-order valence-corrected chi connectivity index (χ0v) is 16.2. The number of aromatic nitrogens is 1. The molecule has 0 fully saturated rings. The number of anilines is 1. The van der Waals surface area contributed by atoms with E-state index in [0.29, 0.717) is 36.2 Å². The predicted molar refractivity (Wildman–Crippen MR) is 106 cm³/mol. The van der Waals surface area contributed by atoms with Crippen LogP contribution in [0.3, 0.4) is 0 Å². The van der Waals surface area contributed by atoms with E-state index in [1.807, 2.05) is 32.0 Å². The number of pyridine rings is 1. The number of amides is 2. The van der Waals surface area contributed by atoms with Crippen LogP contribution < -0.4 is 10.9 Å². The minimum absolute atomic E-state index is 0.0815. The van der Waals surface area contributed by atoms with Crippen LogP contribution in [0.4, 0.5) is 5.69 Å². The number of ketones is 1. The van der Waals surface area contributed by atoms with Gasteiger partial charge < -0.3 is 15.2 Å². The predicted octanol–water partition coefficient (Wildman–Crippen LogP) is 2.22. The minimum atomic E-state index is -0.598. The summed E-state index contributed by atoms with van der Waals surface area (Å²) in [4.78, 5) is 53.3. The third kappa shape index (κ3) is 3.88. The van der Waals surface area contributed by atoms with Crippen molar-refractivity contribution in [3.63, 3.8) is 0 Å². The molecule has 0 radical (unpaired) electrons. The van der Waals surface area contributed by atoms with Crippen molar-refractivity contribution in [1.82, 2.24) is 9.88 Å². The number of para-hydroxylation sites is 1. The maximum atomic E-state index is 12.7. The lowest BCUT2D eigenvalue weighted by Gasteiger charge is -2.19. The van der Waals surface area contributed by atoms with E-state index in [4.69, 9.17) is 0 Å². The molecule has 0 atom stereocenters. The molecule has 7 heteroatoms. The molecule has 0 bridgehead atoms. The van der Waals surface area contributed by atoms with Gasteiger partial charge in [0.2, 0.25) is 5.91 Å². The molecule has 2 amide bonds. The SMILES string of the molecule is Cc1cccc(C)c1NC(=O)CN(C)C(=O)c1cc2c([nH]c1=O)CCCC2=O. The Labute approximate surface area is 162 Å². The topological polar surface area (TPSA) is 99.3 Å². The molecule has 1 aromatic carbocycles. The number of nitrogens with one attached hydrogen (secondary N) is 2. The van der Waals surface area contributed by atoms with Gasteiger partial charge in [0.1, 0.15) is 5.56 Å². The van der Waals surface area contributed by atoms with E-state index in [0.717, 1.165) is 11.1 Å². The van der Waals surface area contributed by atoms with E-state index in [-0.39, 0.29) is 23.8 Å². The zero-order valence-electron chi connectivity index (χ0n) is 16.2. The Morgan fingerprint density at radius 3 is 2.50 bits per heavy atom. The molecule has 0 unspecified atom stereocenters. The number of carbonyl (C=O) groups excluding carboxylic acids is 3. The van der Waals surface area contributed by atoms with E-state index in [1.54, 1.807) is 0 Å². The first-order valence-electron chi connectivity index (χ1n) is 9.19. The van der Waals surface area contributed by atoms with Gasteiger partial charge in [-0.1, -0.05) is 18.2 Å². The van der Waals surface area contributed by atoms with Crippen LogP contribution in [0.2, 0.25) is 0 Å². The number of likely N-dealkylation sites (N-methyl/N-ethyl adjacent to an activating group) is 1. The summed E-state index contributed by atoms with van der Waals surface area (Å²) in [5.74, 6) is -1.04. The normalized spacial score (nSPS) is 13.0. The molecule has 0 saturated carbocycles. The molecule has 0 saturated heterocycles. The van der Waals surface area contributed by atoms with Gasteiger partial charge in [0.05, 0.1) is 6.54 Å². The Kier molecular flexibility index (Phi) is 5.44. The van der Waals surface area contributed by atoms with Crippen LogP contribution in [0.15, 0.2) is 29.1 Å². The molecule has 0 spiro atoms. The molecule has 146 valence electrons. The highest BCUT2D eigenvalue weighted by atomic mass is 16.2. The van der Waals surface area contributed by atoms with Gasteiger partial charge in [-0.05, 0) is 43.9 Å². The van der Waals surface area contributed by atoms with Crippen molar-refractivity contribution in [2.75, 3.05) is 18.9 Å². The first-order chi connectivity index (χ1) is 13.3. The van der Waals surface area contributed by atoms with E-state index >= 15 is 0 Å². The van der Waals surface area contributed by atoms with Crippen molar-refractivity contribution in [2.45, 2.75) is 33.1 Å². The number of hydrogen-bond acceptors (Lipinski definition) is 4. The minimum Gasteiger partial charge on any atom is -0.332 e. The van der Waals surface area contributed by atoms with E-state index in [2.05, 4.69) is 10.3 Å². The standard InChI is InChI=1S/C21H23N3O4/c1-12-6-4-7-13(2)19(12)23-18(26)11-24(3)21(28)15-10-14-16(22-20(15)27)8-5-9-17(14)25/h4,6-7,10H,5,8-9,11H2,1-3H3,(H,22,27)(H,23,26). The van der Waals surface area contributed by atoms with Crippen molar-refractivity contribution in [2.24, 2.45) is 0 Å². The fraction of sp³-hybridized carbons (Fsp3) is 0.333. The third-order valence-corrected chi connectivity index (χ3v) is 4.96. The highest BCUT2D eigenvalue weighted by Gasteiger charge is 2.24. The van der Waals surface area contributed by atoms with Gasteiger partial charge in [0.15, 0.2) is 5.78 Å². The molecule has 1 heterocycles. The van der Waals surface area contributed by atoms with Gasteiger partial charge in [0.25, 0.3) is 11.5 Å². The van der Waals surface area contributed by atoms with Crippen LogP contribution in [-0.2, 0) is 11.2 Å². The first-order valence-corrected chi connectivity index (χ1v) is 9.19. The fourth-order valence-electron chi connectivity index (χ4n) is 3.42. The summed E-state index contributed by atoms with van der Waals surface area (Å²) in [7, 11) is 1.45. The quantitative estimate of drug-likeness (QED) is 0.848. The van der Waals surface area contributed by atoms with Crippen LogP contribution in [0.1, 0.15) is 50.4 Å². The summed E-state index contributed by atoms with van der Waals surface area (Å²) in [6.07, 6.45) is 1.70. The lowest BCUT2D eigenvalue weighted by molar-refractivity contribution is -0.116. The van der Waals surface area contributed by atoms with E-state index < -0.39 is 11.5 Å². The number of rotatable bonds is 4. The number of aromatic amines is 1. The Hall–Kier alpha value is -3.22. The van der Waals surface area contributed by atoms with Crippen LogP contribution in [0, 0.1) is 13.8 Å². The Morgan fingerprint density at radius 1 is 1.14 bits per heavy atom. The summed E-state index contributed by atoms with van der Waals surface area (Å²) in [5.41, 5.74) is 2.86. The summed E-state index contributed by atoms with van der Waals surface area (Å²) in [6.45, 7) is 3.57. The van der Waals surface area contributed by atoms with Crippen molar-refractivity contribution in [3.05, 3.63) is 62.6 Å². The van der Waals surface area contributed by atoms with Gasteiger partial charge in [-0.2, -0.15) is 0 Å². The number of H-pyrrole nitrogens is 1. The van der Waals surface area contributed by atoms with Gasteiger partial charge in [-0.3, -0.25) is 19.2 Å². The number of Topliss-reactive ketones (excluding diaryl/α,β-unsaturated/α-hetero) is 1. The third-order valence-electron chi connectivity index (χ3n) is 4.96. The van der Waals surface area contributed by atoms with Crippen LogP contribution in [0.25, 0.3) is 0 Å². The Bertz CT molecular complexity index is 1000. The average molecular weight is 381 g/mol. The second-order valence-corrected chi connectivity index (χ2v) is 7.16. The fourth-order valence-corrected chi connectivity index (χ4v) is 3.42. The van der Waals surface area contributed by atoms with Crippen molar-refractivity contribution >= 4 is 23.3 Å². The molecular weight excluding hydrogens is 358 g/mol. The maximum Gasteiger partial charge on any atom is 0.261 e. The molecule has 0 aliphatic heterocycles. The van der Waals surface area contributed by atoms with E-state index in [1.165, 1.54) is 18.0 Å². The van der Waals surface area contributed by atoms with Crippen LogP contribution >= 0.6 is 0 Å². The summed E-state index contributed by atoms with van der Waals surface area (Å²) < 4.78 is 0. The van der Waals surface area contributed by atoms with Crippen molar-refractivity contribution in [1.29, 1.82) is 0 Å². The van der Waals surface area contributed by atoms with E-state index in [9.17, 15) is 19.2 Å². The number of hydrogen-bond donors (Lipinski definition) is 2. The summed E-state index contributed by atoms with van der Waals surface area (Å²) in [6, 6.07) is 7.04. The maximum absolute atomic E-state index is 12.7. The molecule has 1 aliphatic carbocycles. The molecule has 28 heavy (non-hydrogen) atoms. The molecule has 3 rings (SSSR count). The van der Waals surface area contributed by atoms with Crippen LogP contribution in [-0.4, -0.2) is 41.1 Å². The largest absolute Gasteiger partial charge is 0.332 e. The summed E-state index contributed by atoms with van der Waals surface area (Å²) >= 11 is 0. The smallest absolute Gasteiger partial charge is 0.261 e. The highest BCUT2D eigenvalue weighted by molar-refractivity contribution is 6.03. The number of nitrogens with zero attached hydrogens (tertiary/aromatic N) is 1. The van der Waals surface area contributed by atoms with Gasteiger partial charge in [-0.15, -0.1) is 0 Å². The molecule has 1 aromatic heterocycles. The first kappa shape index (κ1) is 19.5. The number of carbonyl (C=O) groups is 3. The Balaban J connectivity index is 1.76. The van der Waals surface area contributed by atoms with Crippen molar-refractivity contribution in [3.8, 4) is 0 Å². The lowest BCUT2D eigenvalue weighted by atomic mass is 9.93. The number of benzene rings is 1.